The quantitative estimate of drug-likeness (QED) is 0.750. The highest BCUT2D eigenvalue weighted by molar-refractivity contribution is 7.32. The van der Waals surface area contributed by atoms with Crippen LogP contribution < -0.4 is 11.2 Å². The molecule has 106 valence electrons. The highest BCUT2D eigenvalue weighted by Crippen LogP contribution is 2.28. The van der Waals surface area contributed by atoms with E-state index in [1.807, 2.05) is 0 Å². The van der Waals surface area contributed by atoms with Gasteiger partial charge in [-0.15, -0.1) is 0 Å². The van der Waals surface area contributed by atoms with E-state index < -0.39 is 25.7 Å². The van der Waals surface area contributed by atoms with Gasteiger partial charge in [0.05, 0.1) is 12.7 Å². The zero-order valence-electron chi connectivity index (χ0n) is 10.3. The number of nitrogens with zero attached hydrogens (tertiary/aromatic N) is 1. The van der Waals surface area contributed by atoms with E-state index in [1.165, 1.54) is 10.8 Å². The number of nitrogens with one attached hydrogen (secondary N) is 1. The number of rotatable bonds is 4. The van der Waals surface area contributed by atoms with E-state index in [2.05, 4.69) is 9.51 Å². The van der Waals surface area contributed by atoms with E-state index >= 15 is 0 Å². The fraction of sp³-hybridized carbons (Fsp3) is 0.600. The van der Waals surface area contributed by atoms with Crippen molar-refractivity contribution in [2.24, 2.45) is 0 Å². The van der Waals surface area contributed by atoms with Gasteiger partial charge in [0.2, 0.25) is 0 Å². The molecule has 0 saturated carbocycles. The molecule has 9 heteroatoms. The number of ether oxygens (including phenoxy) is 1. The Morgan fingerprint density at radius 3 is 3.00 bits per heavy atom. The Balaban J connectivity index is 2.09. The Labute approximate surface area is 108 Å². The number of hydrogen-bond acceptors (Lipinski definition) is 5. The van der Waals surface area contributed by atoms with Gasteiger partial charge in [-0.2, -0.15) is 0 Å². The van der Waals surface area contributed by atoms with E-state index in [-0.39, 0.29) is 12.7 Å². The molecule has 0 aliphatic carbocycles. The normalized spacial score (nSPS) is 24.5. The van der Waals surface area contributed by atoms with Crippen molar-refractivity contribution in [1.82, 2.24) is 9.55 Å². The Morgan fingerprint density at radius 1 is 1.58 bits per heavy atom. The van der Waals surface area contributed by atoms with Crippen LogP contribution in [0.5, 0.6) is 0 Å². The first-order valence-corrected chi connectivity index (χ1v) is 7.07. The molecular weight excluding hydrogens is 275 g/mol. The van der Waals surface area contributed by atoms with Crippen molar-refractivity contribution in [3.63, 3.8) is 0 Å². The SMILES string of the molecule is Cc1cn(C2CCC(CO[PH](=O)O)O2)c(=O)[nH]c1=O. The van der Waals surface area contributed by atoms with Gasteiger partial charge in [-0.3, -0.25) is 18.9 Å². The molecule has 8 nitrogen and oxygen atoms in total. The maximum Gasteiger partial charge on any atom is 0.330 e. The van der Waals surface area contributed by atoms with Crippen LogP contribution >= 0.6 is 8.25 Å². The lowest BCUT2D eigenvalue weighted by Crippen LogP contribution is -2.33. The molecule has 1 aliphatic heterocycles. The van der Waals surface area contributed by atoms with E-state index in [9.17, 15) is 14.2 Å². The summed E-state index contributed by atoms with van der Waals surface area (Å²) in [6, 6.07) is 0. The molecule has 2 heterocycles. The van der Waals surface area contributed by atoms with E-state index in [0.29, 0.717) is 18.4 Å². The van der Waals surface area contributed by atoms with Crippen molar-refractivity contribution in [2.75, 3.05) is 6.61 Å². The number of aryl methyl sites for hydroxylation is 1. The van der Waals surface area contributed by atoms with Gasteiger partial charge in [-0.05, 0) is 19.8 Å². The van der Waals surface area contributed by atoms with E-state index in [4.69, 9.17) is 9.63 Å². The first-order valence-electron chi connectivity index (χ1n) is 5.80. The molecule has 3 unspecified atom stereocenters. The van der Waals surface area contributed by atoms with Gasteiger partial charge in [0.25, 0.3) is 5.56 Å². The largest absolute Gasteiger partial charge is 0.352 e. The van der Waals surface area contributed by atoms with Gasteiger partial charge in [0, 0.05) is 11.8 Å². The second-order valence-corrected chi connectivity index (χ2v) is 5.17. The van der Waals surface area contributed by atoms with Crippen LogP contribution in [0.25, 0.3) is 0 Å². The van der Waals surface area contributed by atoms with Crippen molar-refractivity contribution in [2.45, 2.75) is 32.1 Å². The summed E-state index contributed by atoms with van der Waals surface area (Å²) in [4.78, 5) is 33.7. The minimum Gasteiger partial charge on any atom is -0.352 e. The van der Waals surface area contributed by atoms with E-state index in [1.54, 1.807) is 6.92 Å². The summed E-state index contributed by atoms with van der Waals surface area (Å²) >= 11 is 0. The van der Waals surface area contributed by atoms with Crippen LogP contribution in [-0.4, -0.2) is 27.2 Å². The van der Waals surface area contributed by atoms with Crippen molar-refractivity contribution in [1.29, 1.82) is 0 Å². The third-order valence-electron chi connectivity index (χ3n) is 2.93. The van der Waals surface area contributed by atoms with Gasteiger partial charge in [-0.1, -0.05) is 0 Å². The summed E-state index contributed by atoms with van der Waals surface area (Å²) in [6.45, 7) is 1.62. The fourth-order valence-electron chi connectivity index (χ4n) is 1.98. The van der Waals surface area contributed by atoms with Crippen LogP contribution in [0.15, 0.2) is 15.8 Å². The zero-order valence-corrected chi connectivity index (χ0v) is 11.3. The Morgan fingerprint density at radius 2 is 2.32 bits per heavy atom. The predicted octanol–water partition coefficient (Wildman–Crippen LogP) is -0.0788. The average molecular weight is 290 g/mol. The van der Waals surface area contributed by atoms with Crippen LogP contribution in [-0.2, 0) is 13.8 Å². The smallest absolute Gasteiger partial charge is 0.330 e. The molecule has 1 aromatic rings. The van der Waals surface area contributed by atoms with Crippen LogP contribution in [0.2, 0.25) is 0 Å². The molecular formula is C10H15N2O6P. The van der Waals surface area contributed by atoms with Crippen LogP contribution in [0.3, 0.4) is 0 Å². The molecule has 0 spiro atoms. The van der Waals surface area contributed by atoms with Crippen molar-refractivity contribution >= 4 is 8.25 Å². The molecule has 2 rings (SSSR count). The molecule has 3 atom stereocenters. The highest BCUT2D eigenvalue weighted by Gasteiger charge is 2.28. The first-order chi connectivity index (χ1) is 8.97. The van der Waals surface area contributed by atoms with E-state index in [0.717, 1.165) is 0 Å². The standard InChI is InChI=1S/C10H15N2O6P/c1-6-4-12(10(14)11-9(6)13)8-3-2-7(18-8)5-17-19(15)16/h4,7-8,19H,2-3,5H2,1H3,(H,15,16)(H,11,13,14). The number of H-pyrrole nitrogens is 1. The Bertz CT molecular complexity index is 594. The molecule has 1 saturated heterocycles. The van der Waals surface area contributed by atoms with Crippen molar-refractivity contribution in [3.8, 4) is 0 Å². The third kappa shape index (κ3) is 3.42. The Hall–Kier alpha value is -1.21. The van der Waals surface area contributed by atoms with Crippen LogP contribution in [0.4, 0.5) is 0 Å². The summed E-state index contributed by atoms with van der Waals surface area (Å²) in [5, 5.41) is 0. The molecule has 19 heavy (non-hydrogen) atoms. The minimum atomic E-state index is -2.97. The second-order valence-electron chi connectivity index (χ2n) is 4.35. The van der Waals surface area contributed by atoms with Gasteiger partial charge < -0.3 is 14.2 Å². The summed E-state index contributed by atoms with van der Waals surface area (Å²) < 4.78 is 21.9. The number of aromatic amines is 1. The summed E-state index contributed by atoms with van der Waals surface area (Å²) in [7, 11) is -2.97. The molecule has 0 radical (unpaired) electrons. The van der Waals surface area contributed by atoms with Crippen LogP contribution in [0, 0.1) is 6.92 Å². The van der Waals surface area contributed by atoms with Crippen molar-refractivity contribution < 1.29 is 18.7 Å². The lowest BCUT2D eigenvalue weighted by atomic mass is 10.2. The van der Waals surface area contributed by atoms with Gasteiger partial charge in [0.1, 0.15) is 6.23 Å². The number of aromatic nitrogens is 2. The summed E-state index contributed by atoms with van der Waals surface area (Å²) in [5.41, 5.74) is -0.528. The van der Waals surface area contributed by atoms with Gasteiger partial charge in [-0.25, -0.2) is 4.79 Å². The summed E-state index contributed by atoms with van der Waals surface area (Å²) in [6.07, 6.45) is 1.82. The fourth-order valence-corrected chi connectivity index (χ4v) is 2.31. The lowest BCUT2D eigenvalue weighted by molar-refractivity contribution is -0.0204. The molecule has 1 fully saturated rings. The predicted molar refractivity (Wildman–Crippen MR) is 66.4 cm³/mol. The first kappa shape index (κ1) is 14.2. The van der Waals surface area contributed by atoms with Gasteiger partial charge in [0.15, 0.2) is 0 Å². The zero-order chi connectivity index (χ0) is 14.0. The molecule has 1 aromatic heterocycles. The molecule has 1 aliphatic rings. The monoisotopic (exact) mass is 290 g/mol. The third-order valence-corrected chi connectivity index (χ3v) is 3.35. The molecule has 0 bridgehead atoms. The lowest BCUT2D eigenvalue weighted by Gasteiger charge is -2.15. The average Bonchev–Trinajstić information content (AvgIpc) is 2.80. The van der Waals surface area contributed by atoms with Gasteiger partial charge >= 0.3 is 13.9 Å². The minimum absolute atomic E-state index is 0.0158. The topological polar surface area (TPSA) is 111 Å². The van der Waals surface area contributed by atoms with Crippen molar-refractivity contribution in [3.05, 3.63) is 32.6 Å². The molecule has 2 N–H and O–H groups in total. The summed E-state index contributed by atoms with van der Waals surface area (Å²) in [5.74, 6) is 0. The maximum atomic E-state index is 11.7. The second kappa shape index (κ2) is 5.83. The van der Waals surface area contributed by atoms with Crippen LogP contribution in [0.1, 0.15) is 24.6 Å². The molecule has 0 amide bonds. The highest BCUT2D eigenvalue weighted by atomic mass is 31.1. The Kier molecular flexibility index (Phi) is 4.36. The molecule has 0 aromatic carbocycles. The number of hydrogen-bond donors (Lipinski definition) is 2. The maximum absolute atomic E-state index is 11.7.